The van der Waals surface area contributed by atoms with Crippen LogP contribution in [-0.4, -0.2) is 108 Å². The van der Waals surface area contributed by atoms with E-state index < -0.39 is 36.3 Å². The fraction of sp³-hybridized carbons (Fsp3) is 0.619. The zero-order valence-electron chi connectivity index (χ0n) is 35.4. The van der Waals surface area contributed by atoms with Gasteiger partial charge in [-0.05, 0) is 75.0 Å². The van der Waals surface area contributed by atoms with Crippen molar-refractivity contribution in [3.63, 3.8) is 0 Å². The summed E-state index contributed by atoms with van der Waals surface area (Å²) in [7, 11) is 7.00. The van der Waals surface area contributed by atoms with Gasteiger partial charge < -0.3 is 24.3 Å². The molecule has 3 atom stereocenters. The highest BCUT2D eigenvalue weighted by atomic mass is 19.4. The van der Waals surface area contributed by atoms with E-state index in [0.29, 0.717) is 68.1 Å². The highest BCUT2D eigenvalue weighted by molar-refractivity contribution is 5.90. The van der Waals surface area contributed by atoms with Crippen molar-refractivity contribution in [1.29, 1.82) is 0 Å². The molecule has 0 spiro atoms. The van der Waals surface area contributed by atoms with Gasteiger partial charge in [0.1, 0.15) is 12.6 Å². The van der Waals surface area contributed by atoms with Crippen LogP contribution in [0.2, 0.25) is 0 Å². The third kappa shape index (κ3) is 10.4. The first-order chi connectivity index (χ1) is 27.4. The average molecular weight is 815 g/mol. The molecule has 13 nitrogen and oxygen atoms in total. The van der Waals surface area contributed by atoms with E-state index in [2.05, 4.69) is 20.7 Å². The molecule has 3 aromatic rings. The number of alkyl halides is 3. The summed E-state index contributed by atoms with van der Waals surface area (Å²) >= 11 is 0. The van der Waals surface area contributed by atoms with Gasteiger partial charge in [-0.2, -0.15) is 18.3 Å². The van der Waals surface area contributed by atoms with Crippen LogP contribution >= 0.6 is 0 Å². The Bertz CT molecular complexity index is 1890. The minimum atomic E-state index is -4.51. The molecule has 2 amide bonds. The number of benzene rings is 1. The molecule has 0 radical (unpaired) electrons. The fourth-order valence-corrected chi connectivity index (χ4v) is 8.62. The smallest absolute Gasteiger partial charge is 0.406 e. The van der Waals surface area contributed by atoms with Gasteiger partial charge in [0.25, 0.3) is 12.4 Å². The molecule has 0 bridgehead atoms. The number of amides is 2. The fourth-order valence-electron chi connectivity index (χ4n) is 8.62. The molecule has 5 rings (SSSR count). The molecule has 4 heterocycles. The van der Waals surface area contributed by atoms with E-state index >= 15 is 0 Å². The summed E-state index contributed by atoms with van der Waals surface area (Å²) in [6.45, 7) is 10.9. The van der Waals surface area contributed by atoms with Crippen molar-refractivity contribution in [2.24, 2.45) is 18.4 Å². The minimum Gasteiger partial charge on any atom is -0.467 e. The normalized spacial score (nSPS) is 16.7. The van der Waals surface area contributed by atoms with Crippen LogP contribution in [0, 0.1) is 11.3 Å². The molecule has 2 N–H and O–H groups in total. The van der Waals surface area contributed by atoms with Gasteiger partial charge in [-0.15, -0.1) is 0 Å². The Morgan fingerprint density at radius 1 is 1.12 bits per heavy atom. The molecular formula is C42H61F3N8O5. The van der Waals surface area contributed by atoms with Crippen molar-refractivity contribution in [3.05, 3.63) is 58.5 Å². The highest BCUT2D eigenvalue weighted by Gasteiger charge is 2.39. The molecule has 3 unspecified atom stereocenters. The molecule has 0 saturated carbocycles. The first-order valence-corrected chi connectivity index (χ1v) is 20.1. The Morgan fingerprint density at radius 3 is 2.48 bits per heavy atom. The van der Waals surface area contributed by atoms with Crippen LogP contribution in [-0.2, 0) is 63.3 Å². The number of rotatable bonds is 17. The Balaban J connectivity index is 1.56. The monoisotopic (exact) mass is 814 g/mol. The van der Waals surface area contributed by atoms with E-state index in [0.717, 1.165) is 35.2 Å². The van der Waals surface area contributed by atoms with Crippen molar-refractivity contribution in [2.45, 2.75) is 104 Å². The number of methoxy groups -OCH3 is 1. The van der Waals surface area contributed by atoms with Gasteiger partial charge in [-0.3, -0.25) is 29.0 Å². The van der Waals surface area contributed by atoms with Crippen LogP contribution in [0.1, 0.15) is 81.6 Å². The van der Waals surface area contributed by atoms with E-state index in [1.54, 1.807) is 30.0 Å². The number of nitrogens with zero attached hydrogens (tertiary/aromatic N) is 6. The van der Waals surface area contributed by atoms with Crippen LogP contribution in [0.4, 0.5) is 18.9 Å². The van der Waals surface area contributed by atoms with Crippen LogP contribution < -0.4 is 15.6 Å². The third-order valence-corrected chi connectivity index (χ3v) is 11.2. The van der Waals surface area contributed by atoms with Gasteiger partial charge in [0.05, 0.1) is 36.3 Å². The van der Waals surface area contributed by atoms with Gasteiger partial charge >= 0.3 is 6.18 Å². The molecule has 0 aliphatic carbocycles. The second-order valence-corrected chi connectivity index (χ2v) is 17.0. The van der Waals surface area contributed by atoms with Crippen LogP contribution in [0.3, 0.4) is 0 Å². The number of likely N-dealkylation sites (N-methyl/N-ethyl adjacent to an activating group) is 1. The maximum atomic E-state index is 14.5. The summed E-state index contributed by atoms with van der Waals surface area (Å²) < 4.78 is 57.5. The number of aryl methyl sites for hydroxylation is 1. The number of carbonyl (C=O) groups excluding carboxylic acids is 3. The molecular weight excluding hydrogens is 754 g/mol. The predicted octanol–water partition coefficient (Wildman–Crippen LogP) is 5.20. The molecule has 58 heavy (non-hydrogen) atoms. The van der Waals surface area contributed by atoms with Gasteiger partial charge in [0, 0.05) is 75.5 Å². The topological polar surface area (TPSA) is 126 Å². The zero-order valence-corrected chi connectivity index (χ0v) is 35.4. The molecule has 320 valence electrons. The number of hydrazine groups is 1. The van der Waals surface area contributed by atoms with E-state index in [1.165, 1.54) is 4.57 Å². The number of fused-ring (bicyclic) bond motifs is 1. The highest BCUT2D eigenvalue weighted by Crippen LogP contribution is 2.43. The van der Waals surface area contributed by atoms with E-state index in [9.17, 15) is 27.6 Å². The molecule has 2 aromatic heterocycles. The maximum Gasteiger partial charge on any atom is 0.406 e. The first-order valence-electron chi connectivity index (χ1n) is 20.1. The number of halogens is 3. The Hall–Kier alpha value is -4.41. The van der Waals surface area contributed by atoms with Gasteiger partial charge in [0.15, 0.2) is 0 Å². The summed E-state index contributed by atoms with van der Waals surface area (Å²) in [6, 6.07) is 6.55. The SMILES string of the molecule is COC(C)c1c(-c2c(CC(C)(C)COC=O)c3c(n2CC(F)(F)F)CCN(c2cccc(CC(NC(=O)C(C(C)C)N(C)C)C(=O)N4CCCCN4)c2)C3)cnn1C. The lowest BCUT2D eigenvalue weighted by Gasteiger charge is -2.34. The maximum absolute atomic E-state index is 14.5. The molecule has 2 aliphatic heterocycles. The summed E-state index contributed by atoms with van der Waals surface area (Å²) in [6.07, 6.45) is -0.635. The number of hydrogen-bond acceptors (Lipinski definition) is 9. The number of anilines is 1. The predicted molar refractivity (Wildman–Crippen MR) is 216 cm³/mol. The van der Waals surface area contributed by atoms with Crippen LogP contribution in [0.5, 0.6) is 0 Å². The molecule has 1 aromatic carbocycles. The molecule has 16 heteroatoms. The Kier molecular flexibility index (Phi) is 14.4. The van der Waals surface area contributed by atoms with Crippen molar-refractivity contribution in [1.82, 2.24) is 35.0 Å². The standard InChI is InChI=1S/C42H61F3N8O5/c1-27(2)36(49(6)7)39(55)48-34(40(56)53-17-11-10-16-46-53)20-29-13-12-14-30(19-29)51-18-15-35-33(23-51)31(21-41(4,5)25-58-26-54)38(52(35)24-42(43,44)45)32-22-47-50(8)37(32)28(3)57-9/h12-14,19,22,26-28,34,36,46H,10-11,15-18,20-21,23-25H2,1-9H3,(H,48,55). The van der Waals surface area contributed by atoms with Gasteiger partial charge in [-0.1, -0.05) is 39.8 Å². The number of carbonyl (C=O) groups is 3. The summed E-state index contributed by atoms with van der Waals surface area (Å²) in [4.78, 5) is 42.9. The second kappa shape index (κ2) is 18.7. The zero-order chi connectivity index (χ0) is 42.5. The summed E-state index contributed by atoms with van der Waals surface area (Å²) in [5.74, 6) is -0.414. The molecule has 1 saturated heterocycles. The van der Waals surface area contributed by atoms with E-state index in [-0.39, 0.29) is 30.8 Å². The summed E-state index contributed by atoms with van der Waals surface area (Å²) in [5, 5.41) is 9.16. The van der Waals surface area contributed by atoms with Crippen molar-refractivity contribution in [2.75, 3.05) is 52.3 Å². The van der Waals surface area contributed by atoms with Crippen molar-refractivity contribution < 1.29 is 37.0 Å². The van der Waals surface area contributed by atoms with E-state index in [4.69, 9.17) is 9.47 Å². The van der Waals surface area contributed by atoms with Gasteiger partial charge in [0.2, 0.25) is 5.91 Å². The third-order valence-electron chi connectivity index (χ3n) is 11.2. The second-order valence-electron chi connectivity index (χ2n) is 17.0. The Labute approximate surface area is 340 Å². The van der Waals surface area contributed by atoms with Crippen LogP contribution in [0.15, 0.2) is 30.5 Å². The minimum absolute atomic E-state index is 0.0128. The molecule has 1 fully saturated rings. The average Bonchev–Trinajstić information content (AvgIpc) is 3.67. The Morgan fingerprint density at radius 2 is 1.86 bits per heavy atom. The largest absolute Gasteiger partial charge is 0.467 e. The van der Waals surface area contributed by atoms with Crippen molar-refractivity contribution >= 4 is 24.0 Å². The van der Waals surface area contributed by atoms with Gasteiger partial charge in [-0.25, -0.2) is 5.43 Å². The first kappa shape index (κ1) is 44.7. The van der Waals surface area contributed by atoms with Crippen molar-refractivity contribution in [3.8, 4) is 11.3 Å². The van der Waals surface area contributed by atoms with E-state index in [1.807, 2.05) is 77.9 Å². The number of nitrogens with one attached hydrogen (secondary N) is 2. The quantitative estimate of drug-likeness (QED) is 0.177. The number of aromatic nitrogens is 3. The lowest BCUT2D eigenvalue weighted by atomic mass is 9.83. The molecule has 2 aliphatic rings. The van der Waals surface area contributed by atoms with Crippen LogP contribution in [0.25, 0.3) is 11.3 Å². The lowest BCUT2D eigenvalue weighted by Crippen LogP contribution is -2.58. The number of hydrogen-bond donors (Lipinski definition) is 2. The number of ether oxygens (including phenoxy) is 2. The lowest BCUT2D eigenvalue weighted by molar-refractivity contribution is -0.141. The summed E-state index contributed by atoms with van der Waals surface area (Å²) in [5.41, 5.74) is 8.01.